The first-order valence-corrected chi connectivity index (χ1v) is 11.1. The molecule has 1 aliphatic heterocycles. The van der Waals surface area contributed by atoms with Crippen molar-refractivity contribution in [3.05, 3.63) is 83.3 Å². The quantitative estimate of drug-likeness (QED) is 0.295. The van der Waals surface area contributed by atoms with Crippen LogP contribution in [0.4, 0.5) is 11.4 Å². The Balaban J connectivity index is 1.58. The lowest BCUT2D eigenvalue weighted by Gasteiger charge is -2.14. The highest BCUT2D eigenvalue weighted by Gasteiger charge is 2.21. The van der Waals surface area contributed by atoms with Gasteiger partial charge in [0.1, 0.15) is 6.67 Å². The van der Waals surface area contributed by atoms with Crippen LogP contribution in [0.15, 0.2) is 65.9 Å². The van der Waals surface area contributed by atoms with Crippen molar-refractivity contribution in [3.8, 4) is 0 Å². The Labute approximate surface area is 187 Å². The van der Waals surface area contributed by atoms with E-state index in [2.05, 4.69) is 50.6 Å². The van der Waals surface area contributed by atoms with Crippen LogP contribution < -0.4 is 11.1 Å². The van der Waals surface area contributed by atoms with E-state index in [-0.39, 0.29) is 0 Å². The summed E-state index contributed by atoms with van der Waals surface area (Å²) >= 11 is 0. The molecular weight excluding hydrogens is 396 g/mol. The van der Waals surface area contributed by atoms with Gasteiger partial charge in [0.05, 0.1) is 16.9 Å². The fourth-order valence-corrected chi connectivity index (χ4v) is 4.55. The number of aromatic amines is 1. The van der Waals surface area contributed by atoms with Crippen molar-refractivity contribution < 1.29 is 0 Å². The van der Waals surface area contributed by atoms with E-state index in [1.807, 2.05) is 38.1 Å². The van der Waals surface area contributed by atoms with Crippen LogP contribution in [-0.4, -0.2) is 27.1 Å². The van der Waals surface area contributed by atoms with E-state index in [1.54, 1.807) is 6.20 Å². The smallest absolute Gasteiger partial charge is 0.108 e. The normalized spacial score (nSPS) is 14.2. The Hall–Kier alpha value is -3.80. The maximum Gasteiger partial charge on any atom is 0.108 e. The number of para-hydroxylation sites is 1. The van der Waals surface area contributed by atoms with Gasteiger partial charge in [0.15, 0.2) is 0 Å². The summed E-state index contributed by atoms with van der Waals surface area (Å²) in [7, 11) is 0. The van der Waals surface area contributed by atoms with Crippen LogP contribution in [-0.2, 0) is 13.0 Å². The van der Waals surface area contributed by atoms with Crippen LogP contribution in [0.3, 0.4) is 0 Å². The second-order valence-corrected chi connectivity index (χ2v) is 8.24. The minimum atomic E-state index is 0.440. The number of aromatic nitrogens is 3. The second kappa shape index (κ2) is 8.38. The number of aliphatic imine (C=N–C) groups is 1. The third-order valence-corrected chi connectivity index (χ3v) is 6.22. The van der Waals surface area contributed by atoms with Gasteiger partial charge in [-0.2, -0.15) is 5.10 Å². The molecule has 4 N–H and O–H groups in total. The molecule has 0 bridgehead atoms. The molecule has 0 aliphatic carbocycles. The minimum absolute atomic E-state index is 0.440. The van der Waals surface area contributed by atoms with E-state index in [9.17, 15) is 0 Å². The molecule has 0 amide bonds. The average Bonchev–Trinajstić information content (AvgIpc) is 3.46. The summed E-state index contributed by atoms with van der Waals surface area (Å²) in [5.41, 5.74) is 15.7. The van der Waals surface area contributed by atoms with Gasteiger partial charge in [0, 0.05) is 46.8 Å². The summed E-state index contributed by atoms with van der Waals surface area (Å²) in [6, 6.07) is 14.6. The molecule has 1 aliphatic rings. The lowest BCUT2D eigenvalue weighted by atomic mass is 9.97. The summed E-state index contributed by atoms with van der Waals surface area (Å²) in [4.78, 5) is 5.05. The number of benzene rings is 2. The van der Waals surface area contributed by atoms with Crippen LogP contribution in [0.2, 0.25) is 0 Å². The van der Waals surface area contributed by atoms with E-state index in [0.29, 0.717) is 6.67 Å². The molecule has 162 valence electrons. The molecule has 5 rings (SSSR count). The van der Waals surface area contributed by atoms with Crippen LogP contribution in [0.1, 0.15) is 35.7 Å². The van der Waals surface area contributed by atoms with Crippen molar-refractivity contribution in [1.82, 2.24) is 14.8 Å². The molecule has 0 radical (unpaired) electrons. The molecule has 3 heterocycles. The zero-order valence-corrected chi connectivity index (χ0v) is 18.5. The Morgan fingerprint density at radius 2 is 2.19 bits per heavy atom. The van der Waals surface area contributed by atoms with E-state index in [1.165, 1.54) is 22.9 Å². The molecule has 0 saturated heterocycles. The first-order chi connectivity index (χ1) is 15.7. The number of allylic oxidation sites excluding steroid dienone is 2. The van der Waals surface area contributed by atoms with Gasteiger partial charge in [-0.15, -0.1) is 0 Å². The molecule has 32 heavy (non-hydrogen) atoms. The van der Waals surface area contributed by atoms with Gasteiger partial charge in [0.2, 0.25) is 0 Å². The number of nitrogens with zero attached hydrogens (tertiary/aromatic N) is 3. The highest BCUT2D eigenvalue weighted by Crippen LogP contribution is 2.32. The Bertz CT molecular complexity index is 1320. The van der Waals surface area contributed by atoms with Gasteiger partial charge in [-0.1, -0.05) is 30.3 Å². The molecule has 0 spiro atoms. The number of nitrogen functional groups attached to an aromatic ring is 1. The number of rotatable bonds is 6. The van der Waals surface area contributed by atoms with Crippen LogP contribution >= 0.6 is 0 Å². The molecule has 6 heteroatoms. The highest BCUT2D eigenvalue weighted by atomic mass is 15.1. The van der Waals surface area contributed by atoms with Crippen molar-refractivity contribution in [2.75, 3.05) is 17.7 Å². The fourth-order valence-electron chi connectivity index (χ4n) is 4.55. The summed E-state index contributed by atoms with van der Waals surface area (Å²) < 4.78 is 2.38. The Kier molecular flexibility index (Phi) is 5.27. The lowest BCUT2D eigenvalue weighted by molar-refractivity contribution is 0.636. The lowest BCUT2D eigenvalue weighted by Crippen LogP contribution is -2.09. The number of hydrogen-bond donors (Lipinski definition) is 3. The highest BCUT2D eigenvalue weighted by molar-refractivity contribution is 6.34. The zero-order valence-electron chi connectivity index (χ0n) is 18.5. The van der Waals surface area contributed by atoms with Gasteiger partial charge >= 0.3 is 0 Å². The monoisotopic (exact) mass is 424 g/mol. The molecule has 0 atom stereocenters. The largest absolute Gasteiger partial charge is 0.398 e. The number of nitrogens with two attached hydrogens (primary N) is 1. The Morgan fingerprint density at radius 1 is 1.28 bits per heavy atom. The van der Waals surface area contributed by atoms with Crippen molar-refractivity contribution >= 4 is 33.6 Å². The van der Waals surface area contributed by atoms with Crippen LogP contribution in [0, 0.1) is 6.92 Å². The maximum atomic E-state index is 6.08. The molecule has 2 aromatic heterocycles. The van der Waals surface area contributed by atoms with Gasteiger partial charge in [-0.05, 0) is 56.0 Å². The molecule has 0 unspecified atom stereocenters. The van der Waals surface area contributed by atoms with Crippen molar-refractivity contribution in [2.45, 2.75) is 33.2 Å². The van der Waals surface area contributed by atoms with E-state index in [0.717, 1.165) is 52.4 Å². The van der Waals surface area contributed by atoms with Crippen molar-refractivity contribution in [2.24, 2.45) is 4.99 Å². The number of H-pyrrole nitrogens is 1. The number of aryl methyl sites for hydroxylation is 3. The minimum Gasteiger partial charge on any atom is -0.398 e. The number of nitrogens with one attached hydrogen (secondary N) is 2. The van der Waals surface area contributed by atoms with Crippen molar-refractivity contribution in [3.63, 3.8) is 0 Å². The maximum absolute atomic E-state index is 6.08. The van der Waals surface area contributed by atoms with E-state index >= 15 is 0 Å². The molecule has 4 aromatic rings. The van der Waals surface area contributed by atoms with Gasteiger partial charge in [-0.25, -0.2) is 0 Å². The van der Waals surface area contributed by atoms with Crippen molar-refractivity contribution in [1.29, 1.82) is 0 Å². The number of anilines is 2. The molecular formula is C26H28N6. The van der Waals surface area contributed by atoms with Gasteiger partial charge in [0.25, 0.3) is 0 Å². The number of hydrogen-bond acceptors (Lipinski definition) is 4. The predicted molar refractivity (Wildman–Crippen MR) is 133 cm³/mol. The molecule has 0 fully saturated rings. The summed E-state index contributed by atoms with van der Waals surface area (Å²) in [6.45, 7) is 5.53. The van der Waals surface area contributed by atoms with Crippen LogP contribution in [0.25, 0.3) is 16.5 Å². The SMILES string of the molecule is C/C=C(\C(=N/CNc1ccc(C)c(N)c1)c1cn2c3c(cccc13)CCC2)c1ccn[nH]1. The molecule has 6 nitrogen and oxygen atoms in total. The standard InChI is InChI=1S/C26H28N6/c1-3-20(24-11-12-30-31-24)25(29-16-28-19-10-9-17(2)23(27)14-19)22-15-32-13-5-7-18-6-4-8-21(22)26(18)32/h3-4,6,8-12,14-15,28H,5,7,13,16,27H2,1-2H3,(H,30,31)/b20-3-,29-25+. The van der Waals surface area contributed by atoms with Gasteiger partial charge < -0.3 is 15.6 Å². The fraction of sp³-hybridized carbons (Fsp3) is 0.231. The molecule has 2 aromatic carbocycles. The average molecular weight is 425 g/mol. The topological polar surface area (TPSA) is 84.0 Å². The van der Waals surface area contributed by atoms with E-state index < -0.39 is 0 Å². The van der Waals surface area contributed by atoms with Crippen LogP contribution in [0.5, 0.6) is 0 Å². The van der Waals surface area contributed by atoms with E-state index in [4.69, 9.17) is 10.7 Å². The first-order valence-electron chi connectivity index (χ1n) is 11.1. The third kappa shape index (κ3) is 3.58. The Morgan fingerprint density at radius 3 is 2.97 bits per heavy atom. The first kappa shape index (κ1) is 20.1. The third-order valence-electron chi connectivity index (χ3n) is 6.22. The summed E-state index contributed by atoms with van der Waals surface area (Å²) in [5.74, 6) is 0. The van der Waals surface area contributed by atoms with Gasteiger partial charge in [-0.3, -0.25) is 10.1 Å². The summed E-state index contributed by atoms with van der Waals surface area (Å²) in [5, 5.41) is 11.9. The predicted octanol–water partition coefficient (Wildman–Crippen LogP) is 5.16. The zero-order chi connectivity index (χ0) is 22.1. The molecule has 0 saturated carbocycles. The summed E-state index contributed by atoms with van der Waals surface area (Å²) in [6.07, 6.45) is 8.43. The second-order valence-electron chi connectivity index (χ2n) is 8.24.